The monoisotopic (exact) mass is 377 g/mol. The first-order chi connectivity index (χ1) is 13.5. The summed E-state index contributed by atoms with van der Waals surface area (Å²) in [5.41, 5.74) is 2.59. The van der Waals surface area contributed by atoms with E-state index in [1.807, 2.05) is 56.3 Å². The summed E-state index contributed by atoms with van der Waals surface area (Å²) in [6, 6.07) is 14.8. The Balaban J connectivity index is 1.94. The largest absolute Gasteiger partial charge is 0.478 e. The molecule has 0 unspecified atom stereocenters. The third-order valence-electron chi connectivity index (χ3n) is 4.54. The highest BCUT2D eigenvalue weighted by atomic mass is 16.4. The molecule has 3 rings (SSSR count). The van der Waals surface area contributed by atoms with Crippen LogP contribution in [0, 0.1) is 0 Å². The highest BCUT2D eigenvalue weighted by Crippen LogP contribution is 2.25. The normalized spacial score (nSPS) is 10.8. The zero-order valence-corrected chi connectivity index (χ0v) is 16.1. The second-order valence-electron chi connectivity index (χ2n) is 6.57. The maximum atomic E-state index is 12.1. The van der Waals surface area contributed by atoms with E-state index in [1.54, 1.807) is 10.7 Å². The number of aromatic nitrogens is 3. The molecule has 0 atom stereocenters. The number of ketones is 1. The highest BCUT2D eigenvalue weighted by Gasteiger charge is 2.17. The van der Waals surface area contributed by atoms with Crippen molar-refractivity contribution in [3.63, 3.8) is 0 Å². The number of aryl methyl sites for hydroxylation is 1. The first kappa shape index (κ1) is 19.5. The summed E-state index contributed by atoms with van der Waals surface area (Å²) >= 11 is 0. The third kappa shape index (κ3) is 4.17. The van der Waals surface area contributed by atoms with Gasteiger partial charge in [0.1, 0.15) is 5.82 Å². The number of Topliss-reactive ketones (excluding diaryl/α,β-unsaturated/α-hetero) is 1. The molecule has 0 amide bonds. The SMILES string of the molecule is CCCC(=O)c1nc(Cc2ccc(-c3ccccc3)c(C(=O)O)c2)n(CC)n1. The van der Waals surface area contributed by atoms with Crippen molar-refractivity contribution in [3.05, 3.63) is 71.3 Å². The molecule has 0 radical (unpaired) electrons. The van der Waals surface area contributed by atoms with E-state index in [-0.39, 0.29) is 17.2 Å². The van der Waals surface area contributed by atoms with Crippen LogP contribution in [0.2, 0.25) is 0 Å². The van der Waals surface area contributed by atoms with Gasteiger partial charge in [-0.15, -0.1) is 5.10 Å². The van der Waals surface area contributed by atoms with E-state index < -0.39 is 5.97 Å². The lowest BCUT2D eigenvalue weighted by atomic mass is 9.96. The Labute approximate surface area is 163 Å². The van der Waals surface area contributed by atoms with Crippen LogP contribution in [-0.4, -0.2) is 31.6 Å². The van der Waals surface area contributed by atoms with Crippen molar-refractivity contribution in [2.75, 3.05) is 0 Å². The molecule has 1 heterocycles. The Bertz CT molecular complexity index is 994. The summed E-state index contributed by atoms with van der Waals surface area (Å²) < 4.78 is 1.70. The number of carboxylic acids is 1. The number of hydrogen-bond donors (Lipinski definition) is 1. The average Bonchev–Trinajstić information content (AvgIpc) is 3.11. The molecule has 6 nitrogen and oxygen atoms in total. The van der Waals surface area contributed by atoms with Crippen molar-refractivity contribution < 1.29 is 14.7 Å². The van der Waals surface area contributed by atoms with Crippen molar-refractivity contribution in [1.82, 2.24) is 14.8 Å². The van der Waals surface area contributed by atoms with Gasteiger partial charge in [0.2, 0.25) is 11.6 Å². The fourth-order valence-electron chi connectivity index (χ4n) is 3.15. The van der Waals surface area contributed by atoms with Crippen molar-refractivity contribution in [2.24, 2.45) is 0 Å². The second kappa shape index (κ2) is 8.61. The van der Waals surface area contributed by atoms with E-state index in [1.165, 1.54) is 0 Å². The summed E-state index contributed by atoms with van der Waals surface area (Å²) in [6.45, 7) is 4.47. The molecule has 0 aliphatic carbocycles. The molecular formula is C22H23N3O3. The van der Waals surface area contributed by atoms with Crippen LogP contribution in [0.25, 0.3) is 11.1 Å². The van der Waals surface area contributed by atoms with Crippen LogP contribution < -0.4 is 0 Å². The number of carboxylic acid groups (broad SMARTS) is 1. The van der Waals surface area contributed by atoms with Crippen molar-refractivity contribution >= 4 is 11.8 Å². The lowest BCUT2D eigenvalue weighted by Crippen LogP contribution is -2.06. The minimum Gasteiger partial charge on any atom is -0.478 e. The smallest absolute Gasteiger partial charge is 0.336 e. The molecule has 0 spiro atoms. The summed E-state index contributed by atoms with van der Waals surface area (Å²) in [5.74, 6) is -0.151. The van der Waals surface area contributed by atoms with Gasteiger partial charge in [0, 0.05) is 19.4 Å². The van der Waals surface area contributed by atoms with Gasteiger partial charge in [-0.05, 0) is 36.1 Å². The predicted octanol–water partition coefficient (Wildman–Crippen LogP) is 4.24. The zero-order valence-electron chi connectivity index (χ0n) is 16.1. The van der Waals surface area contributed by atoms with E-state index >= 15 is 0 Å². The van der Waals surface area contributed by atoms with Crippen molar-refractivity contribution in [2.45, 2.75) is 39.7 Å². The second-order valence-corrected chi connectivity index (χ2v) is 6.57. The summed E-state index contributed by atoms with van der Waals surface area (Å²) in [6.07, 6.45) is 1.58. The van der Waals surface area contributed by atoms with E-state index in [0.29, 0.717) is 30.8 Å². The van der Waals surface area contributed by atoms with Crippen LogP contribution >= 0.6 is 0 Å². The van der Waals surface area contributed by atoms with Crippen LogP contribution in [-0.2, 0) is 13.0 Å². The summed E-state index contributed by atoms with van der Waals surface area (Å²) in [5, 5.41) is 14.0. The van der Waals surface area contributed by atoms with Crippen molar-refractivity contribution in [3.8, 4) is 11.1 Å². The van der Waals surface area contributed by atoms with E-state index in [2.05, 4.69) is 10.1 Å². The Morgan fingerprint density at radius 1 is 1.07 bits per heavy atom. The number of carbonyl (C=O) groups excluding carboxylic acids is 1. The fraction of sp³-hybridized carbons (Fsp3) is 0.273. The molecule has 3 aromatic rings. The third-order valence-corrected chi connectivity index (χ3v) is 4.54. The van der Waals surface area contributed by atoms with Gasteiger partial charge >= 0.3 is 5.97 Å². The summed E-state index contributed by atoms with van der Waals surface area (Å²) in [4.78, 5) is 28.3. The average molecular weight is 377 g/mol. The number of nitrogens with zero attached hydrogens (tertiary/aromatic N) is 3. The van der Waals surface area contributed by atoms with Gasteiger partial charge in [-0.1, -0.05) is 49.4 Å². The van der Waals surface area contributed by atoms with Gasteiger partial charge in [0.05, 0.1) is 5.56 Å². The first-order valence-electron chi connectivity index (χ1n) is 9.42. The highest BCUT2D eigenvalue weighted by molar-refractivity contribution is 5.96. The number of aromatic carboxylic acids is 1. The van der Waals surface area contributed by atoms with E-state index in [4.69, 9.17) is 0 Å². The zero-order chi connectivity index (χ0) is 20.1. The van der Waals surface area contributed by atoms with Gasteiger partial charge < -0.3 is 5.11 Å². The van der Waals surface area contributed by atoms with Gasteiger partial charge in [-0.25, -0.2) is 14.5 Å². The molecule has 1 aromatic heterocycles. The van der Waals surface area contributed by atoms with E-state index in [9.17, 15) is 14.7 Å². The molecule has 0 aliphatic rings. The predicted molar refractivity (Wildman–Crippen MR) is 107 cm³/mol. The Hall–Kier alpha value is -3.28. The van der Waals surface area contributed by atoms with Crippen LogP contribution in [0.4, 0.5) is 0 Å². The van der Waals surface area contributed by atoms with Gasteiger partial charge in [0.15, 0.2) is 0 Å². The Morgan fingerprint density at radius 3 is 2.46 bits per heavy atom. The minimum atomic E-state index is -0.975. The Morgan fingerprint density at radius 2 is 1.82 bits per heavy atom. The van der Waals surface area contributed by atoms with Gasteiger partial charge in [-0.2, -0.15) is 0 Å². The van der Waals surface area contributed by atoms with Gasteiger partial charge in [0.25, 0.3) is 0 Å². The van der Waals surface area contributed by atoms with Gasteiger partial charge in [-0.3, -0.25) is 4.79 Å². The molecule has 2 aromatic carbocycles. The van der Waals surface area contributed by atoms with Crippen LogP contribution in [0.15, 0.2) is 48.5 Å². The number of carbonyl (C=O) groups is 2. The number of benzene rings is 2. The Kier molecular flexibility index (Phi) is 5.99. The molecule has 0 aliphatic heterocycles. The number of rotatable bonds is 8. The minimum absolute atomic E-state index is 0.0680. The molecular weight excluding hydrogens is 354 g/mol. The summed E-state index contributed by atoms with van der Waals surface area (Å²) in [7, 11) is 0. The molecule has 0 bridgehead atoms. The number of hydrogen-bond acceptors (Lipinski definition) is 4. The lowest BCUT2D eigenvalue weighted by Gasteiger charge is -2.09. The standard InChI is InChI=1S/C22H23N3O3/c1-3-8-19(26)21-23-20(25(4-2)24-21)14-15-11-12-17(18(13-15)22(27)28)16-9-6-5-7-10-16/h5-7,9-13H,3-4,8,14H2,1-2H3,(H,27,28). The van der Waals surface area contributed by atoms with Crippen molar-refractivity contribution in [1.29, 1.82) is 0 Å². The molecule has 144 valence electrons. The fourth-order valence-corrected chi connectivity index (χ4v) is 3.15. The van der Waals surface area contributed by atoms with Crippen LogP contribution in [0.3, 0.4) is 0 Å². The van der Waals surface area contributed by atoms with E-state index in [0.717, 1.165) is 17.5 Å². The molecule has 0 fully saturated rings. The molecule has 0 saturated heterocycles. The maximum Gasteiger partial charge on any atom is 0.336 e. The molecule has 1 N–H and O–H groups in total. The van der Waals surface area contributed by atoms with Crippen LogP contribution in [0.5, 0.6) is 0 Å². The molecule has 0 saturated carbocycles. The molecule has 6 heteroatoms. The topological polar surface area (TPSA) is 85.1 Å². The lowest BCUT2D eigenvalue weighted by molar-refractivity contribution is 0.0697. The molecule has 28 heavy (non-hydrogen) atoms. The maximum absolute atomic E-state index is 12.1. The first-order valence-corrected chi connectivity index (χ1v) is 9.42. The van der Waals surface area contributed by atoms with Crippen LogP contribution in [0.1, 0.15) is 59.1 Å². The quantitative estimate of drug-likeness (QED) is 0.594.